The van der Waals surface area contributed by atoms with Crippen LogP contribution in [0.25, 0.3) is 0 Å². The molecule has 1 saturated heterocycles. The lowest BCUT2D eigenvalue weighted by atomic mass is 10.2. The summed E-state index contributed by atoms with van der Waals surface area (Å²) >= 11 is 0. The Morgan fingerprint density at radius 1 is 1.47 bits per heavy atom. The number of ether oxygens (including phenoxy) is 1. The molecule has 0 aliphatic carbocycles. The van der Waals surface area contributed by atoms with E-state index in [4.69, 9.17) is 4.74 Å². The van der Waals surface area contributed by atoms with Crippen LogP contribution < -0.4 is 0 Å². The van der Waals surface area contributed by atoms with Crippen molar-refractivity contribution in [2.45, 2.75) is 39.2 Å². The number of carbonyl (C=O) groups is 2. The summed E-state index contributed by atoms with van der Waals surface area (Å²) in [5.74, 6) is -0.448. The van der Waals surface area contributed by atoms with Crippen molar-refractivity contribution in [3.8, 4) is 0 Å². The molecule has 0 amide bonds. The molecule has 0 saturated carbocycles. The predicted molar refractivity (Wildman–Crippen MR) is 56.5 cm³/mol. The number of likely N-dealkylation sites (tertiary alicyclic amines) is 1. The fraction of sp³-hybridized carbons (Fsp3) is 0.818. The molecule has 0 spiro atoms. The van der Waals surface area contributed by atoms with E-state index in [9.17, 15) is 9.59 Å². The van der Waals surface area contributed by atoms with Gasteiger partial charge >= 0.3 is 5.97 Å². The minimum absolute atomic E-state index is 0.0396. The van der Waals surface area contributed by atoms with Crippen LogP contribution in [0.5, 0.6) is 0 Å². The molecule has 15 heavy (non-hydrogen) atoms. The molecule has 86 valence electrons. The third-order valence-electron chi connectivity index (χ3n) is 2.72. The molecule has 1 aliphatic heterocycles. The van der Waals surface area contributed by atoms with Crippen molar-refractivity contribution in [1.29, 1.82) is 0 Å². The van der Waals surface area contributed by atoms with Crippen molar-refractivity contribution < 1.29 is 14.3 Å². The maximum absolute atomic E-state index is 11.5. The molecule has 1 rings (SSSR count). The minimum Gasteiger partial charge on any atom is -0.466 e. The molecular formula is C11H19NO3. The lowest BCUT2D eigenvalue weighted by Crippen LogP contribution is -2.33. The topological polar surface area (TPSA) is 46.6 Å². The smallest absolute Gasteiger partial charge is 0.313 e. The van der Waals surface area contributed by atoms with Crippen LogP contribution in [0.15, 0.2) is 0 Å². The van der Waals surface area contributed by atoms with Gasteiger partial charge in [-0.2, -0.15) is 0 Å². The first-order valence-electron chi connectivity index (χ1n) is 5.55. The summed E-state index contributed by atoms with van der Waals surface area (Å²) in [7, 11) is 0. The van der Waals surface area contributed by atoms with E-state index in [1.54, 1.807) is 6.92 Å². The Morgan fingerprint density at radius 2 is 2.20 bits per heavy atom. The molecule has 0 N–H and O–H groups in total. The van der Waals surface area contributed by atoms with Gasteiger partial charge in [-0.25, -0.2) is 0 Å². The van der Waals surface area contributed by atoms with Crippen molar-refractivity contribution in [3.05, 3.63) is 0 Å². The molecule has 0 aromatic heterocycles. The van der Waals surface area contributed by atoms with Crippen LogP contribution in [-0.4, -0.2) is 42.4 Å². The van der Waals surface area contributed by atoms with Crippen LogP contribution in [0, 0.1) is 0 Å². The summed E-state index contributed by atoms with van der Waals surface area (Å²) in [6.07, 6.45) is 2.21. The number of rotatable bonds is 5. The first-order chi connectivity index (χ1) is 7.13. The van der Waals surface area contributed by atoms with Crippen molar-refractivity contribution >= 4 is 11.8 Å². The van der Waals surface area contributed by atoms with Crippen LogP contribution in [0.4, 0.5) is 0 Å². The molecule has 1 aliphatic rings. The Kier molecular flexibility index (Phi) is 4.75. The number of carbonyl (C=O) groups excluding carboxylic acids is 2. The molecule has 0 bridgehead atoms. The Balaban J connectivity index is 2.26. The average molecular weight is 213 g/mol. The van der Waals surface area contributed by atoms with Crippen molar-refractivity contribution in [1.82, 2.24) is 4.90 Å². The summed E-state index contributed by atoms with van der Waals surface area (Å²) in [4.78, 5) is 24.7. The van der Waals surface area contributed by atoms with Gasteiger partial charge in [0, 0.05) is 6.04 Å². The molecule has 4 nitrogen and oxygen atoms in total. The predicted octanol–water partition coefficient (Wildman–Crippen LogP) is 0.993. The zero-order valence-electron chi connectivity index (χ0n) is 9.49. The first kappa shape index (κ1) is 12.2. The first-order valence-corrected chi connectivity index (χ1v) is 5.55. The summed E-state index contributed by atoms with van der Waals surface area (Å²) in [6.45, 7) is 5.55. The van der Waals surface area contributed by atoms with Gasteiger partial charge in [0.25, 0.3) is 0 Å². The molecule has 1 atom stereocenters. The molecule has 0 aromatic carbocycles. The highest BCUT2D eigenvalue weighted by Gasteiger charge is 2.23. The van der Waals surface area contributed by atoms with E-state index in [1.807, 2.05) is 0 Å². The lowest BCUT2D eigenvalue weighted by Gasteiger charge is -2.19. The second-order valence-corrected chi connectivity index (χ2v) is 3.98. The molecular weight excluding hydrogens is 194 g/mol. The van der Waals surface area contributed by atoms with E-state index >= 15 is 0 Å². The van der Waals surface area contributed by atoms with Gasteiger partial charge < -0.3 is 4.74 Å². The van der Waals surface area contributed by atoms with Gasteiger partial charge in [0.2, 0.25) is 0 Å². The van der Waals surface area contributed by atoms with Gasteiger partial charge in [-0.1, -0.05) is 0 Å². The van der Waals surface area contributed by atoms with Crippen LogP contribution in [0.1, 0.15) is 33.1 Å². The van der Waals surface area contributed by atoms with Gasteiger partial charge in [0.15, 0.2) is 5.78 Å². The second kappa shape index (κ2) is 5.85. The molecule has 0 aromatic rings. The Labute approximate surface area is 90.6 Å². The van der Waals surface area contributed by atoms with E-state index in [0.29, 0.717) is 19.2 Å². The number of esters is 1. The van der Waals surface area contributed by atoms with E-state index in [1.165, 1.54) is 0 Å². The second-order valence-electron chi connectivity index (χ2n) is 3.98. The van der Waals surface area contributed by atoms with Crippen molar-refractivity contribution in [2.75, 3.05) is 19.7 Å². The Bertz CT molecular complexity index is 240. The highest BCUT2D eigenvalue weighted by atomic mass is 16.5. The SMILES string of the molecule is CCOC(=O)CC(=O)CN1CCCC1C. The van der Waals surface area contributed by atoms with Gasteiger partial charge in [0.05, 0.1) is 13.2 Å². The quantitative estimate of drug-likeness (QED) is 0.505. The van der Waals surface area contributed by atoms with Crippen LogP contribution in [-0.2, 0) is 14.3 Å². The molecule has 1 heterocycles. The van der Waals surface area contributed by atoms with Gasteiger partial charge in [-0.3, -0.25) is 14.5 Å². The zero-order valence-corrected chi connectivity index (χ0v) is 9.49. The largest absolute Gasteiger partial charge is 0.466 e. The van der Waals surface area contributed by atoms with E-state index in [-0.39, 0.29) is 12.2 Å². The van der Waals surface area contributed by atoms with Gasteiger partial charge in [-0.15, -0.1) is 0 Å². The fourth-order valence-corrected chi connectivity index (χ4v) is 1.88. The van der Waals surface area contributed by atoms with Crippen LogP contribution in [0.2, 0.25) is 0 Å². The van der Waals surface area contributed by atoms with Gasteiger partial charge in [-0.05, 0) is 33.2 Å². The third-order valence-corrected chi connectivity index (χ3v) is 2.72. The third kappa shape index (κ3) is 4.00. The van der Waals surface area contributed by atoms with E-state index in [2.05, 4.69) is 11.8 Å². The summed E-state index contributed by atoms with van der Waals surface area (Å²) in [5, 5.41) is 0. The van der Waals surface area contributed by atoms with E-state index < -0.39 is 5.97 Å². The number of nitrogens with zero attached hydrogens (tertiary/aromatic N) is 1. The Morgan fingerprint density at radius 3 is 2.73 bits per heavy atom. The Hall–Kier alpha value is -0.900. The highest BCUT2D eigenvalue weighted by Crippen LogP contribution is 2.15. The maximum atomic E-state index is 11.5. The monoisotopic (exact) mass is 213 g/mol. The zero-order chi connectivity index (χ0) is 11.3. The summed E-state index contributed by atoms with van der Waals surface area (Å²) in [6, 6.07) is 0.469. The standard InChI is InChI=1S/C11H19NO3/c1-3-15-11(14)7-10(13)8-12-6-4-5-9(12)2/h9H,3-8H2,1-2H3. The summed E-state index contributed by atoms with van der Waals surface area (Å²) < 4.78 is 4.73. The molecule has 0 radical (unpaired) electrons. The number of hydrogen-bond donors (Lipinski definition) is 0. The average Bonchev–Trinajstić information content (AvgIpc) is 2.52. The lowest BCUT2D eigenvalue weighted by molar-refractivity contribution is -0.145. The van der Waals surface area contributed by atoms with E-state index in [0.717, 1.165) is 19.4 Å². The van der Waals surface area contributed by atoms with Crippen molar-refractivity contribution in [3.63, 3.8) is 0 Å². The highest BCUT2D eigenvalue weighted by molar-refractivity contribution is 5.96. The van der Waals surface area contributed by atoms with Crippen LogP contribution in [0.3, 0.4) is 0 Å². The maximum Gasteiger partial charge on any atom is 0.313 e. The van der Waals surface area contributed by atoms with Crippen LogP contribution >= 0.6 is 0 Å². The summed E-state index contributed by atoms with van der Waals surface area (Å²) in [5.41, 5.74) is 0. The number of ketones is 1. The minimum atomic E-state index is -0.408. The van der Waals surface area contributed by atoms with Gasteiger partial charge in [0.1, 0.15) is 6.42 Å². The number of Topliss-reactive ketones (excluding diaryl/α,β-unsaturated/α-hetero) is 1. The fourth-order valence-electron chi connectivity index (χ4n) is 1.88. The molecule has 4 heteroatoms. The molecule has 1 unspecified atom stereocenters. The number of hydrogen-bond acceptors (Lipinski definition) is 4. The molecule has 1 fully saturated rings. The van der Waals surface area contributed by atoms with Crippen molar-refractivity contribution in [2.24, 2.45) is 0 Å². The normalized spacial score (nSPS) is 21.6.